The van der Waals surface area contributed by atoms with Crippen molar-refractivity contribution in [3.63, 3.8) is 0 Å². The second kappa shape index (κ2) is 7.95. The molecule has 0 aliphatic rings. The molecule has 3 heteroatoms. The Morgan fingerprint density at radius 1 is 1.13 bits per heavy atom. The van der Waals surface area contributed by atoms with Crippen molar-refractivity contribution in [3.05, 3.63) is 83.4 Å². The highest BCUT2D eigenvalue weighted by molar-refractivity contribution is 5.94. The largest absolute Gasteiger partial charge is 0.331 e. The summed E-state index contributed by atoms with van der Waals surface area (Å²) in [6, 6.07) is 17.1. The average molecular weight is 304 g/mol. The van der Waals surface area contributed by atoms with E-state index < -0.39 is 0 Å². The standard InChI is InChI=1S/C20H20N2O/c1-3-13-22(15-18-7-5-17(14-21)6-8-18)20(23)19-11-9-16(4-2)10-12-19/h3,5-12H,1,4,13,15H2,2H3. The summed E-state index contributed by atoms with van der Waals surface area (Å²) in [5, 5.41) is 8.85. The van der Waals surface area contributed by atoms with Gasteiger partial charge in [-0.25, -0.2) is 0 Å². The molecule has 0 saturated carbocycles. The molecular weight excluding hydrogens is 284 g/mol. The van der Waals surface area contributed by atoms with Crippen molar-refractivity contribution in [3.8, 4) is 6.07 Å². The summed E-state index contributed by atoms with van der Waals surface area (Å²) in [5.41, 5.74) is 3.50. The SMILES string of the molecule is C=CCN(Cc1ccc(C#N)cc1)C(=O)c1ccc(CC)cc1. The molecule has 0 bridgehead atoms. The molecule has 2 aromatic rings. The quantitative estimate of drug-likeness (QED) is 0.758. The molecule has 0 aliphatic carbocycles. The maximum absolute atomic E-state index is 12.7. The van der Waals surface area contributed by atoms with E-state index in [-0.39, 0.29) is 5.91 Å². The summed E-state index contributed by atoms with van der Waals surface area (Å²) in [5.74, 6) is -0.0167. The van der Waals surface area contributed by atoms with E-state index in [4.69, 9.17) is 5.26 Å². The molecule has 0 saturated heterocycles. The van der Waals surface area contributed by atoms with Gasteiger partial charge in [0.1, 0.15) is 0 Å². The molecule has 3 nitrogen and oxygen atoms in total. The fourth-order valence-electron chi connectivity index (χ4n) is 2.35. The molecule has 2 rings (SSSR count). The molecule has 0 aromatic heterocycles. The molecular formula is C20H20N2O. The fraction of sp³-hybridized carbons (Fsp3) is 0.200. The van der Waals surface area contributed by atoms with Crippen LogP contribution in [0.25, 0.3) is 0 Å². The van der Waals surface area contributed by atoms with Gasteiger partial charge in [0, 0.05) is 18.7 Å². The number of rotatable bonds is 6. The zero-order valence-corrected chi connectivity index (χ0v) is 13.3. The van der Waals surface area contributed by atoms with E-state index in [1.54, 1.807) is 23.1 Å². The molecule has 1 amide bonds. The van der Waals surface area contributed by atoms with Crippen LogP contribution in [0.1, 0.15) is 34.0 Å². The zero-order valence-electron chi connectivity index (χ0n) is 13.3. The van der Waals surface area contributed by atoms with E-state index in [2.05, 4.69) is 19.6 Å². The van der Waals surface area contributed by atoms with Gasteiger partial charge in [-0.2, -0.15) is 5.26 Å². The number of carbonyl (C=O) groups excluding carboxylic acids is 1. The lowest BCUT2D eigenvalue weighted by Gasteiger charge is -2.21. The second-order valence-corrected chi connectivity index (χ2v) is 5.33. The van der Waals surface area contributed by atoms with Gasteiger partial charge in [-0.15, -0.1) is 6.58 Å². The van der Waals surface area contributed by atoms with Crippen molar-refractivity contribution < 1.29 is 4.79 Å². The highest BCUT2D eigenvalue weighted by Gasteiger charge is 2.15. The van der Waals surface area contributed by atoms with Crippen LogP contribution in [0.5, 0.6) is 0 Å². The van der Waals surface area contributed by atoms with Crippen molar-refractivity contribution in [1.82, 2.24) is 4.90 Å². The van der Waals surface area contributed by atoms with Gasteiger partial charge in [0.15, 0.2) is 0 Å². The van der Waals surface area contributed by atoms with Crippen LogP contribution < -0.4 is 0 Å². The first-order chi connectivity index (χ1) is 11.2. The summed E-state index contributed by atoms with van der Waals surface area (Å²) in [6.07, 6.45) is 2.68. The van der Waals surface area contributed by atoms with Crippen molar-refractivity contribution in [1.29, 1.82) is 5.26 Å². The first-order valence-electron chi connectivity index (χ1n) is 7.66. The number of aryl methyl sites for hydroxylation is 1. The Morgan fingerprint density at radius 2 is 1.74 bits per heavy atom. The fourth-order valence-corrected chi connectivity index (χ4v) is 2.35. The van der Waals surface area contributed by atoms with E-state index >= 15 is 0 Å². The molecule has 0 radical (unpaired) electrons. The molecule has 0 atom stereocenters. The van der Waals surface area contributed by atoms with Crippen molar-refractivity contribution in [2.45, 2.75) is 19.9 Å². The summed E-state index contributed by atoms with van der Waals surface area (Å²) in [7, 11) is 0. The summed E-state index contributed by atoms with van der Waals surface area (Å²) in [4.78, 5) is 14.4. The summed E-state index contributed by atoms with van der Waals surface area (Å²) >= 11 is 0. The van der Waals surface area contributed by atoms with Crippen LogP contribution in [-0.2, 0) is 13.0 Å². The van der Waals surface area contributed by atoms with Crippen molar-refractivity contribution in [2.24, 2.45) is 0 Å². The molecule has 23 heavy (non-hydrogen) atoms. The van der Waals surface area contributed by atoms with E-state index in [9.17, 15) is 4.79 Å². The lowest BCUT2D eigenvalue weighted by Crippen LogP contribution is -2.30. The number of nitrogens with zero attached hydrogens (tertiary/aromatic N) is 2. The predicted molar refractivity (Wildman–Crippen MR) is 91.9 cm³/mol. The van der Waals surface area contributed by atoms with Gasteiger partial charge >= 0.3 is 0 Å². The van der Waals surface area contributed by atoms with Gasteiger partial charge in [-0.3, -0.25) is 4.79 Å². The maximum atomic E-state index is 12.7. The van der Waals surface area contributed by atoms with Crippen LogP contribution in [0.4, 0.5) is 0 Å². The maximum Gasteiger partial charge on any atom is 0.254 e. The average Bonchev–Trinajstić information content (AvgIpc) is 2.61. The lowest BCUT2D eigenvalue weighted by atomic mass is 10.1. The first-order valence-corrected chi connectivity index (χ1v) is 7.66. The highest BCUT2D eigenvalue weighted by atomic mass is 16.2. The molecule has 0 spiro atoms. The highest BCUT2D eigenvalue weighted by Crippen LogP contribution is 2.12. The minimum absolute atomic E-state index is 0.0167. The van der Waals surface area contributed by atoms with Gasteiger partial charge in [0.2, 0.25) is 0 Å². The number of hydrogen-bond donors (Lipinski definition) is 0. The van der Waals surface area contributed by atoms with Crippen LogP contribution in [-0.4, -0.2) is 17.4 Å². The van der Waals surface area contributed by atoms with Crippen LogP contribution >= 0.6 is 0 Å². The Bertz CT molecular complexity index is 709. The molecule has 0 fully saturated rings. The van der Waals surface area contributed by atoms with E-state index in [0.29, 0.717) is 24.2 Å². The first kappa shape index (κ1) is 16.5. The van der Waals surface area contributed by atoms with E-state index in [0.717, 1.165) is 12.0 Å². The third-order valence-corrected chi connectivity index (χ3v) is 3.70. The summed E-state index contributed by atoms with van der Waals surface area (Å²) in [6.45, 7) is 6.80. The van der Waals surface area contributed by atoms with Gasteiger partial charge in [0.25, 0.3) is 5.91 Å². The number of benzene rings is 2. The van der Waals surface area contributed by atoms with E-state index in [1.807, 2.05) is 36.4 Å². The van der Waals surface area contributed by atoms with Crippen LogP contribution in [0, 0.1) is 11.3 Å². The number of hydrogen-bond acceptors (Lipinski definition) is 2. The van der Waals surface area contributed by atoms with Gasteiger partial charge in [0.05, 0.1) is 11.6 Å². The smallest absolute Gasteiger partial charge is 0.254 e. The van der Waals surface area contributed by atoms with E-state index in [1.165, 1.54) is 5.56 Å². The molecule has 116 valence electrons. The molecule has 0 heterocycles. The molecule has 0 aliphatic heterocycles. The predicted octanol–water partition coefficient (Wildman–Crippen LogP) is 3.95. The topological polar surface area (TPSA) is 44.1 Å². The molecule has 0 unspecified atom stereocenters. The minimum atomic E-state index is -0.0167. The Balaban J connectivity index is 2.16. The number of nitriles is 1. The number of amides is 1. The zero-order chi connectivity index (χ0) is 16.7. The van der Waals surface area contributed by atoms with Crippen LogP contribution in [0.2, 0.25) is 0 Å². The Labute approximate surface area is 137 Å². The monoisotopic (exact) mass is 304 g/mol. The number of carbonyl (C=O) groups is 1. The Hall–Kier alpha value is -2.86. The van der Waals surface area contributed by atoms with Crippen LogP contribution in [0.15, 0.2) is 61.2 Å². The lowest BCUT2D eigenvalue weighted by molar-refractivity contribution is 0.0762. The van der Waals surface area contributed by atoms with Gasteiger partial charge < -0.3 is 4.90 Å². The van der Waals surface area contributed by atoms with Crippen molar-refractivity contribution >= 4 is 5.91 Å². The van der Waals surface area contributed by atoms with Crippen LogP contribution in [0.3, 0.4) is 0 Å². The molecule has 2 aromatic carbocycles. The molecule has 0 N–H and O–H groups in total. The third kappa shape index (κ3) is 4.31. The van der Waals surface area contributed by atoms with Crippen molar-refractivity contribution in [2.75, 3.05) is 6.54 Å². The third-order valence-electron chi connectivity index (χ3n) is 3.70. The van der Waals surface area contributed by atoms with Gasteiger partial charge in [-0.05, 0) is 41.8 Å². The summed E-state index contributed by atoms with van der Waals surface area (Å²) < 4.78 is 0. The second-order valence-electron chi connectivity index (χ2n) is 5.33. The Morgan fingerprint density at radius 3 is 2.26 bits per heavy atom. The normalized spacial score (nSPS) is 9.91. The Kier molecular flexibility index (Phi) is 5.71. The van der Waals surface area contributed by atoms with Gasteiger partial charge in [-0.1, -0.05) is 37.3 Å². The minimum Gasteiger partial charge on any atom is -0.331 e.